The van der Waals surface area contributed by atoms with Crippen LogP contribution >= 0.6 is 0 Å². The molecule has 0 spiro atoms. The molecule has 0 saturated heterocycles. The van der Waals surface area contributed by atoms with E-state index < -0.39 is 6.10 Å². The van der Waals surface area contributed by atoms with Crippen molar-refractivity contribution in [1.82, 2.24) is 0 Å². The van der Waals surface area contributed by atoms with E-state index in [1.165, 1.54) is 0 Å². The summed E-state index contributed by atoms with van der Waals surface area (Å²) in [5, 5.41) is 10.3. The standard InChI is InChI=1S/C16H14O2/c17-16-13(10-12-6-2-1-3-7-12)11-18-15-9-5-4-8-14(15)16/h1-10,16-17H,11H2/b13-10+. The summed E-state index contributed by atoms with van der Waals surface area (Å²) >= 11 is 0. The molecular weight excluding hydrogens is 224 g/mol. The first kappa shape index (κ1) is 11.1. The predicted molar refractivity (Wildman–Crippen MR) is 71.3 cm³/mol. The summed E-state index contributed by atoms with van der Waals surface area (Å²) in [5.41, 5.74) is 2.81. The summed E-state index contributed by atoms with van der Waals surface area (Å²) in [5.74, 6) is 0.773. The summed E-state index contributed by atoms with van der Waals surface area (Å²) in [6.07, 6.45) is 1.41. The van der Waals surface area contributed by atoms with Gasteiger partial charge in [-0.05, 0) is 17.7 Å². The molecule has 1 unspecified atom stereocenters. The van der Waals surface area contributed by atoms with Crippen LogP contribution in [0.2, 0.25) is 0 Å². The highest BCUT2D eigenvalue weighted by Gasteiger charge is 2.23. The van der Waals surface area contributed by atoms with Gasteiger partial charge in [0.2, 0.25) is 0 Å². The van der Waals surface area contributed by atoms with Crippen LogP contribution in [-0.4, -0.2) is 11.7 Å². The van der Waals surface area contributed by atoms with E-state index in [1.54, 1.807) is 0 Å². The Morgan fingerprint density at radius 2 is 1.72 bits per heavy atom. The lowest BCUT2D eigenvalue weighted by Gasteiger charge is -2.25. The second-order valence-electron chi connectivity index (χ2n) is 4.36. The number of hydrogen-bond donors (Lipinski definition) is 1. The van der Waals surface area contributed by atoms with Crippen LogP contribution in [0.4, 0.5) is 0 Å². The fourth-order valence-corrected chi connectivity index (χ4v) is 2.16. The van der Waals surface area contributed by atoms with Crippen molar-refractivity contribution in [3.05, 3.63) is 71.3 Å². The van der Waals surface area contributed by atoms with Crippen molar-refractivity contribution >= 4 is 6.08 Å². The van der Waals surface area contributed by atoms with Crippen LogP contribution in [0.3, 0.4) is 0 Å². The van der Waals surface area contributed by atoms with E-state index >= 15 is 0 Å². The average Bonchev–Trinajstić information content (AvgIpc) is 2.43. The Bertz CT molecular complexity index is 573. The zero-order chi connectivity index (χ0) is 12.4. The summed E-state index contributed by atoms with van der Waals surface area (Å²) < 4.78 is 5.65. The molecule has 1 atom stereocenters. The second-order valence-corrected chi connectivity index (χ2v) is 4.36. The van der Waals surface area contributed by atoms with Crippen molar-refractivity contribution in [2.45, 2.75) is 6.10 Å². The van der Waals surface area contributed by atoms with Crippen LogP contribution in [0.5, 0.6) is 5.75 Å². The highest BCUT2D eigenvalue weighted by molar-refractivity contribution is 5.57. The Morgan fingerprint density at radius 1 is 1.00 bits per heavy atom. The van der Waals surface area contributed by atoms with E-state index in [0.29, 0.717) is 6.61 Å². The molecule has 0 radical (unpaired) electrons. The molecule has 3 rings (SSSR count). The van der Waals surface area contributed by atoms with Gasteiger partial charge in [-0.1, -0.05) is 48.5 Å². The molecular formula is C16H14O2. The van der Waals surface area contributed by atoms with Crippen LogP contribution in [0.15, 0.2) is 60.2 Å². The number of fused-ring (bicyclic) bond motifs is 1. The lowest BCUT2D eigenvalue weighted by molar-refractivity contribution is 0.172. The maximum absolute atomic E-state index is 10.3. The van der Waals surface area contributed by atoms with Crippen molar-refractivity contribution in [3.63, 3.8) is 0 Å². The molecule has 0 aromatic heterocycles. The molecule has 0 bridgehead atoms. The SMILES string of the molecule is OC1/C(=C/c2ccccc2)COc2ccccc21. The van der Waals surface area contributed by atoms with Gasteiger partial charge < -0.3 is 9.84 Å². The lowest BCUT2D eigenvalue weighted by atomic mass is 9.97. The van der Waals surface area contributed by atoms with Crippen molar-refractivity contribution in [3.8, 4) is 5.75 Å². The molecule has 0 saturated carbocycles. The zero-order valence-electron chi connectivity index (χ0n) is 9.91. The smallest absolute Gasteiger partial charge is 0.125 e. The number of rotatable bonds is 1. The van der Waals surface area contributed by atoms with E-state index in [1.807, 2.05) is 60.7 Å². The predicted octanol–water partition coefficient (Wildman–Crippen LogP) is 3.20. The van der Waals surface area contributed by atoms with Crippen LogP contribution in [-0.2, 0) is 0 Å². The van der Waals surface area contributed by atoms with Crippen molar-refractivity contribution < 1.29 is 9.84 Å². The number of aliphatic hydroxyl groups is 1. The average molecular weight is 238 g/mol. The Hall–Kier alpha value is -2.06. The quantitative estimate of drug-likeness (QED) is 0.826. The van der Waals surface area contributed by atoms with E-state index in [9.17, 15) is 5.11 Å². The van der Waals surface area contributed by atoms with Crippen LogP contribution in [0.1, 0.15) is 17.2 Å². The van der Waals surface area contributed by atoms with Crippen molar-refractivity contribution in [1.29, 1.82) is 0 Å². The monoisotopic (exact) mass is 238 g/mol. The first-order valence-electron chi connectivity index (χ1n) is 6.00. The molecule has 1 N–H and O–H groups in total. The fourth-order valence-electron chi connectivity index (χ4n) is 2.16. The Balaban J connectivity index is 1.96. The number of benzene rings is 2. The molecule has 90 valence electrons. The largest absolute Gasteiger partial charge is 0.489 e. The topological polar surface area (TPSA) is 29.5 Å². The van der Waals surface area contributed by atoms with Crippen molar-refractivity contribution in [2.75, 3.05) is 6.61 Å². The third-order valence-electron chi connectivity index (χ3n) is 3.11. The van der Waals surface area contributed by atoms with Gasteiger partial charge in [-0.15, -0.1) is 0 Å². The van der Waals surface area contributed by atoms with Gasteiger partial charge in [-0.3, -0.25) is 0 Å². The molecule has 2 heteroatoms. The van der Waals surface area contributed by atoms with Gasteiger partial charge in [-0.25, -0.2) is 0 Å². The first-order valence-corrected chi connectivity index (χ1v) is 6.00. The Morgan fingerprint density at radius 3 is 2.56 bits per heavy atom. The van der Waals surface area contributed by atoms with E-state index in [-0.39, 0.29) is 0 Å². The summed E-state index contributed by atoms with van der Waals surface area (Å²) in [7, 11) is 0. The fraction of sp³-hybridized carbons (Fsp3) is 0.125. The second kappa shape index (κ2) is 4.67. The van der Waals surface area contributed by atoms with Crippen LogP contribution in [0.25, 0.3) is 6.08 Å². The molecule has 18 heavy (non-hydrogen) atoms. The van der Waals surface area contributed by atoms with Gasteiger partial charge in [0, 0.05) is 11.1 Å². The highest BCUT2D eigenvalue weighted by Crippen LogP contribution is 2.35. The van der Waals surface area contributed by atoms with Gasteiger partial charge in [0.25, 0.3) is 0 Å². The Kier molecular flexibility index (Phi) is 2.87. The molecule has 0 amide bonds. The lowest BCUT2D eigenvalue weighted by Crippen LogP contribution is -2.17. The van der Waals surface area contributed by atoms with Gasteiger partial charge in [0.15, 0.2) is 0 Å². The molecule has 1 aliphatic rings. The minimum absolute atomic E-state index is 0.438. The molecule has 0 fully saturated rings. The van der Waals surface area contributed by atoms with E-state index in [4.69, 9.17) is 4.74 Å². The van der Waals surface area contributed by atoms with Crippen LogP contribution < -0.4 is 4.74 Å². The van der Waals surface area contributed by atoms with Crippen molar-refractivity contribution in [2.24, 2.45) is 0 Å². The molecule has 2 aromatic rings. The summed E-state index contributed by atoms with van der Waals surface area (Å²) in [6, 6.07) is 17.6. The van der Waals surface area contributed by atoms with E-state index in [0.717, 1.165) is 22.4 Å². The highest BCUT2D eigenvalue weighted by atomic mass is 16.5. The molecule has 2 nitrogen and oxygen atoms in total. The number of ether oxygens (including phenoxy) is 1. The maximum atomic E-state index is 10.3. The molecule has 1 aliphatic heterocycles. The minimum Gasteiger partial charge on any atom is -0.489 e. The Labute approximate surface area is 106 Å². The van der Waals surface area contributed by atoms with Gasteiger partial charge in [0.05, 0.1) is 0 Å². The number of aliphatic hydroxyl groups excluding tert-OH is 1. The van der Waals surface area contributed by atoms with E-state index in [2.05, 4.69) is 0 Å². The summed E-state index contributed by atoms with van der Waals surface area (Å²) in [6.45, 7) is 0.438. The molecule has 0 aliphatic carbocycles. The molecule has 2 aromatic carbocycles. The minimum atomic E-state index is -0.574. The van der Waals surface area contributed by atoms with Gasteiger partial charge in [0.1, 0.15) is 18.5 Å². The maximum Gasteiger partial charge on any atom is 0.125 e. The van der Waals surface area contributed by atoms with Crippen LogP contribution in [0, 0.1) is 0 Å². The normalized spacial score (nSPS) is 20.3. The third-order valence-corrected chi connectivity index (χ3v) is 3.11. The van der Waals surface area contributed by atoms with Gasteiger partial charge >= 0.3 is 0 Å². The summed E-state index contributed by atoms with van der Waals surface area (Å²) in [4.78, 5) is 0. The molecule has 1 heterocycles. The zero-order valence-corrected chi connectivity index (χ0v) is 9.91. The first-order chi connectivity index (χ1) is 8.84. The third kappa shape index (κ3) is 2.03. The number of hydrogen-bond acceptors (Lipinski definition) is 2. The van der Waals surface area contributed by atoms with Gasteiger partial charge in [-0.2, -0.15) is 0 Å². The number of para-hydroxylation sites is 1.